The Morgan fingerprint density at radius 2 is 1.95 bits per heavy atom. The van der Waals surface area contributed by atoms with Crippen molar-refractivity contribution in [1.82, 2.24) is 4.90 Å². The van der Waals surface area contributed by atoms with E-state index in [1.54, 1.807) is 4.90 Å². The quantitative estimate of drug-likeness (QED) is 0.902. The van der Waals surface area contributed by atoms with Crippen LogP contribution in [0.1, 0.15) is 31.2 Å². The molecule has 1 saturated carbocycles. The molecule has 0 radical (unpaired) electrons. The van der Waals surface area contributed by atoms with Crippen molar-refractivity contribution in [1.29, 1.82) is 0 Å². The van der Waals surface area contributed by atoms with E-state index in [1.165, 1.54) is 0 Å². The predicted octanol–water partition coefficient (Wildman–Crippen LogP) is 2.56. The lowest BCUT2D eigenvalue weighted by molar-refractivity contribution is -0.0972. The molecule has 1 unspecified atom stereocenters. The van der Waals surface area contributed by atoms with Crippen molar-refractivity contribution in [2.75, 3.05) is 13.1 Å². The van der Waals surface area contributed by atoms with Gasteiger partial charge in [0.25, 0.3) is 0 Å². The third-order valence-corrected chi connectivity index (χ3v) is 4.85. The van der Waals surface area contributed by atoms with Gasteiger partial charge in [0.15, 0.2) is 0 Å². The third kappa shape index (κ3) is 2.52. The molecule has 0 bridgehead atoms. The van der Waals surface area contributed by atoms with Crippen LogP contribution in [0.4, 0.5) is 4.79 Å². The number of hydrogen-bond acceptors (Lipinski definition) is 3. The maximum Gasteiger partial charge on any atom is 0.410 e. The number of carbonyl (C=O) groups is 1. The van der Waals surface area contributed by atoms with Gasteiger partial charge in [0, 0.05) is 13.1 Å². The summed E-state index contributed by atoms with van der Waals surface area (Å²) in [4.78, 5) is 13.8. The zero-order valence-electron chi connectivity index (χ0n) is 11.6. The van der Waals surface area contributed by atoms with E-state index in [1.807, 2.05) is 30.3 Å². The van der Waals surface area contributed by atoms with Crippen LogP contribution in [-0.4, -0.2) is 35.3 Å². The van der Waals surface area contributed by atoms with Crippen molar-refractivity contribution in [3.8, 4) is 0 Å². The summed E-state index contributed by atoms with van der Waals surface area (Å²) in [6.07, 6.45) is 3.41. The average molecular weight is 275 g/mol. The maximum absolute atomic E-state index is 12.0. The molecule has 3 rings (SSSR count). The zero-order chi connectivity index (χ0) is 14.0. The molecule has 1 aromatic rings. The highest BCUT2D eigenvalue weighted by atomic mass is 16.6. The number of likely N-dealkylation sites (tertiary alicyclic amines) is 1. The first-order chi connectivity index (χ1) is 9.70. The Balaban J connectivity index is 1.47. The van der Waals surface area contributed by atoms with Crippen molar-refractivity contribution in [3.63, 3.8) is 0 Å². The summed E-state index contributed by atoms with van der Waals surface area (Å²) in [5.41, 5.74) is 1.10. The normalized spacial score (nSPS) is 24.2. The van der Waals surface area contributed by atoms with Crippen LogP contribution in [0.15, 0.2) is 30.3 Å². The summed E-state index contributed by atoms with van der Waals surface area (Å²) in [5, 5.41) is 9.87. The Labute approximate surface area is 119 Å². The lowest BCUT2D eigenvalue weighted by atomic mass is 9.61. The van der Waals surface area contributed by atoms with Gasteiger partial charge >= 0.3 is 6.09 Å². The van der Waals surface area contributed by atoms with Gasteiger partial charge in [0.2, 0.25) is 0 Å². The van der Waals surface area contributed by atoms with E-state index in [9.17, 15) is 9.90 Å². The Morgan fingerprint density at radius 3 is 2.50 bits per heavy atom. The lowest BCUT2D eigenvalue weighted by Gasteiger charge is -2.51. The Morgan fingerprint density at radius 1 is 1.25 bits per heavy atom. The van der Waals surface area contributed by atoms with Gasteiger partial charge in [-0.3, -0.25) is 0 Å². The number of amides is 1. The van der Waals surface area contributed by atoms with Gasteiger partial charge in [-0.25, -0.2) is 4.79 Å². The molecule has 1 aromatic carbocycles. The summed E-state index contributed by atoms with van der Waals surface area (Å²) in [7, 11) is 0. The molecule has 20 heavy (non-hydrogen) atoms. The van der Waals surface area contributed by atoms with Gasteiger partial charge < -0.3 is 14.7 Å². The lowest BCUT2D eigenvalue weighted by Crippen LogP contribution is -2.53. The van der Waals surface area contributed by atoms with Gasteiger partial charge in [-0.1, -0.05) is 30.3 Å². The van der Waals surface area contributed by atoms with Crippen LogP contribution in [0.3, 0.4) is 0 Å². The number of benzene rings is 1. The van der Waals surface area contributed by atoms with Crippen LogP contribution < -0.4 is 0 Å². The van der Waals surface area contributed by atoms with Crippen molar-refractivity contribution < 1.29 is 14.6 Å². The van der Waals surface area contributed by atoms with Crippen LogP contribution in [0.25, 0.3) is 0 Å². The number of piperidine rings is 1. The van der Waals surface area contributed by atoms with Gasteiger partial charge in [-0.2, -0.15) is 0 Å². The van der Waals surface area contributed by atoms with Crippen molar-refractivity contribution in [2.45, 2.75) is 38.4 Å². The molecule has 2 aliphatic rings. The fourth-order valence-electron chi connectivity index (χ4n) is 3.21. The predicted molar refractivity (Wildman–Crippen MR) is 75.1 cm³/mol. The number of nitrogens with zero attached hydrogens (tertiary/aromatic N) is 1. The van der Waals surface area contributed by atoms with Crippen molar-refractivity contribution in [3.05, 3.63) is 35.9 Å². The van der Waals surface area contributed by atoms with E-state index in [4.69, 9.17) is 4.74 Å². The van der Waals surface area contributed by atoms with Crippen LogP contribution in [0.2, 0.25) is 0 Å². The summed E-state index contributed by atoms with van der Waals surface area (Å²) in [6.45, 7) is 1.72. The summed E-state index contributed by atoms with van der Waals surface area (Å²) in [5.74, 6) is 0. The molecular weight excluding hydrogens is 254 g/mol. The minimum Gasteiger partial charge on any atom is -0.445 e. The van der Waals surface area contributed by atoms with Gasteiger partial charge in [0.05, 0.1) is 6.10 Å². The number of hydrogen-bond donors (Lipinski definition) is 1. The standard InChI is InChI=1S/C16H21NO3/c18-14-6-7-16(14)8-10-17(11-9-16)15(19)20-12-13-4-2-1-3-5-13/h1-5,14,18H,6-12H2. The SMILES string of the molecule is O=C(OCc1ccccc1)N1CCC2(CCC2O)CC1. The number of aliphatic hydroxyl groups excluding tert-OH is 1. The second-order valence-electron chi connectivity index (χ2n) is 5.94. The first kappa shape index (κ1) is 13.4. The van der Waals surface area contributed by atoms with E-state index in [2.05, 4.69) is 0 Å². The molecular formula is C16H21NO3. The molecule has 1 aliphatic heterocycles. The highest BCUT2D eigenvalue weighted by molar-refractivity contribution is 5.67. The van der Waals surface area contributed by atoms with Gasteiger partial charge in [0.1, 0.15) is 6.61 Å². The molecule has 4 nitrogen and oxygen atoms in total. The van der Waals surface area contributed by atoms with Crippen LogP contribution in [0, 0.1) is 5.41 Å². The highest BCUT2D eigenvalue weighted by Crippen LogP contribution is 2.49. The number of rotatable bonds is 2. The summed E-state index contributed by atoms with van der Waals surface area (Å²) < 4.78 is 5.34. The first-order valence-corrected chi connectivity index (χ1v) is 7.33. The molecule has 0 aromatic heterocycles. The first-order valence-electron chi connectivity index (χ1n) is 7.33. The monoisotopic (exact) mass is 275 g/mol. The smallest absolute Gasteiger partial charge is 0.410 e. The molecule has 1 aliphatic carbocycles. The Hall–Kier alpha value is -1.55. The van der Waals surface area contributed by atoms with Crippen LogP contribution in [0.5, 0.6) is 0 Å². The zero-order valence-corrected chi connectivity index (χ0v) is 11.6. The summed E-state index contributed by atoms with van der Waals surface area (Å²) >= 11 is 0. The van der Waals surface area contributed by atoms with Crippen LogP contribution >= 0.6 is 0 Å². The molecule has 108 valence electrons. The molecule has 1 atom stereocenters. The second kappa shape index (κ2) is 5.44. The minimum absolute atomic E-state index is 0.0935. The molecule has 1 heterocycles. The maximum atomic E-state index is 12.0. The number of ether oxygens (including phenoxy) is 1. The highest BCUT2D eigenvalue weighted by Gasteiger charge is 2.47. The third-order valence-electron chi connectivity index (χ3n) is 4.85. The van der Waals surface area contributed by atoms with Crippen molar-refractivity contribution in [2.24, 2.45) is 5.41 Å². The average Bonchev–Trinajstić information content (AvgIpc) is 2.52. The van der Waals surface area contributed by atoms with Crippen LogP contribution in [-0.2, 0) is 11.3 Å². The fraction of sp³-hybridized carbons (Fsp3) is 0.562. The van der Waals surface area contributed by atoms with E-state index in [-0.39, 0.29) is 17.6 Å². The molecule has 1 amide bonds. The molecule has 1 N–H and O–H groups in total. The molecule has 2 fully saturated rings. The van der Waals surface area contributed by atoms with Crippen molar-refractivity contribution >= 4 is 6.09 Å². The van der Waals surface area contributed by atoms with E-state index in [0.717, 1.165) is 31.2 Å². The molecule has 1 saturated heterocycles. The Kier molecular flexibility index (Phi) is 3.66. The van der Waals surface area contributed by atoms with Gasteiger partial charge in [-0.15, -0.1) is 0 Å². The van der Waals surface area contributed by atoms with E-state index >= 15 is 0 Å². The number of carbonyl (C=O) groups excluding carboxylic acids is 1. The van der Waals surface area contributed by atoms with E-state index in [0.29, 0.717) is 19.7 Å². The fourth-order valence-corrected chi connectivity index (χ4v) is 3.21. The van der Waals surface area contributed by atoms with E-state index < -0.39 is 0 Å². The topological polar surface area (TPSA) is 49.8 Å². The Bertz CT molecular complexity index is 466. The number of aliphatic hydroxyl groups is 1. The second-order valence-corrected chi connectivity index (χ2v) is 5.94. The molecule has 4 heteroatoms. The van der Waals surface area contributed by atoms with Gasteiger partial charge in [-0.05, 0) is 36.7 Å². The minimum atomic E-state index is -0.238. The summed E-state index contributed by atoms with van der Waals surface area (Å²) in [6, 6.07) is 9.71. The largest absolute Gasteiger partial charge is 0.445 e. The molecule has 1 spiro atoms.